The van der Waals surface area contributed by atoms with Gasteiger partial charge in [-0.15, -0.1) is 0 Å². The number of esters is 1. The van der Waals surface area contributed by atoms with Crippen LogP contribution in [0.4, 0.5) is 0 Å². The summed E-state index contributed by atoms with van der Waals surface area (Å²) in [6.07, 6.45) is -0.678. The monoisotopic (exact) mass is 512 g/mol. The zero-order valence-electron chi connectivity index (χ0n) is 19.8. The van der Waals surface area contributed by atoms with Crippen LogP contribution in [0.15, 0.2) is 109 Å². The van der Waals surface area contributed by atoms with Gasteiger partial charge in [0.15, 0.2) is 11.8 Å². The van der Waals surface area contributed by atoms with Crippen molar-refractivity contribution in [3.63, 3.8) is 0 Å². The lowest BCUT2D eigenvalue weighted by atomic mass is 10.0. The molecule has 2 atom stereocenters. The van der Waals surface area contributed by atoms with Gasteiger partial charge in [0.2, 0.25) is 11.3 Å². The fourth-order valence-electron chi connectivity index (χ4n) is 4.37. The second kappa shape index (κ2) is 10.5. The highest BCUT2D eigenvalue weighted by Crippen LogP contribution is 2.37. The Labute approximate surface area is 217 Å². The van der Waals surface area contributed by atoms with Crippen molar-refractivity contribution in [3.05, 3.63) is 126 Å². The third-order valence-corrected chi connectivity index (χ3v) is 7.86. The molecule has 2 amide bonds. The Morgan fingerprint density at radius 2 is 1.49 bits per heavy atom. The van der Waals surface area contributed by atoms with Crippen molar-refractivity contribution >= 4 is 34.5 Å². The van der Waals surface area contributed by atoms with Crippen LogP contribution in [0.25, 0.3) is 5.57 Å². The van der Waals surface area contributed by atoms with Gasteiger partial charge < -0.3 is 14.6 Å². The largest absolute Gasteiger partial charge is 0.614 e. The van der Waals surface area contributed by atoms with Gasteiger partial charge in [-0.3, -0.25) is 14.5 Å². The van der Waals surface area contributed by atoms with Crippen LogP contribution in [0.3, 0.4) is 0 Å². The predicted molar refractivity (Wildman–Crippen MR) is 140 cm³/mol. The summed E-state index contributed by atoms with van der Waals surface area (Å²) in [5, 5.41) is 2.07. The van der Waals surface area contributed by atoms with Gasteiger partial charge in [-0.1, -0.05) is 97.6 Å². The average Bonchev–Trinajstić information content (AvgIpc) is 2.93. The first-order valence-corrected chi connectivity index (χ1v) is 13.1. The minimum absolute atomic E-state index is 0.0716. The lowest BCUT2D eigenvalue weighted by Crippen LogP contribution is -2.61. The summed E-state index contributed by atoms with van der Waals surface area (Å²) in [7, 11) is 0. The molecule has 0 aromatic heterocycles. The molecule has 0 spiro atoms. The number of rotatable bonds is 7. The van der Waals surface area contributed by atoms with E-state index < -0.39 is 34.5 Å². The van der Waals surface area contributed by atoms with Crippen molar-refractivity contribution in [1.29, 1.82) is 0 Å². The summed E-state index contributed by atoms with van der Waals surface area (Å²) in [5.74, 6) is -1.78. The topological polar surface area (TPSA) is 98.8 Å². The maximum atomic E-state index is 13.7. The highest BCUT2D eigenvalue weighted by Gasteiger charge is 2.53. The number of carbonyl (C=O) groups is 3. The Morgan fingerprint density at radius 1 is 0.946 bits per heavy atom. The van der Waals surface area contributed by atoms with Crippen molar-refractivity contribution < 1.29 is 23.7 Å². The van der Waals surface area contributed by atoms with Gasteiger partial charge in [0.05, 0.1) is 12.1 Å². The van der Waals surface area contributed by atoms with E-state index in [-0.39, 0.29) is 35.0 Å². The fraction of sp³-hybridized carbons (Fsp3) is 0.138. The molecule has 1 unspecified atom stereocenters. The van der Waals surface area contributed by atoms with Crippen LogP contribution in [-0.4, -0.2) is 38.4 Å². The molecule has 8 heteroatoms. The van der Waals surface area contributed by atoms with Crippen molar-refractivity contribution in [2.45, 2.75) is 17.9 Å². The highest BCUT2D eigenvalue weighted by atomic mass is 32.2. The summed E-state index contributed by atoms with van der Waals surface area (Å²) in [6.45, 7) is 3.86. The molecule has 37 heavy (non-hydrogen) atoms. The molecule has 0 radical (unpaired) electrons. The molecule has 1 N–H and O–H groups in total. The van der Waals surface area contributed by atoms with Gasteiger partial charge in [-0.25, -0.2) is 4.79 Å². The molecule has 0 saturated carbocycles. The van der Waals surface area contributed by atoms with Crippen LogP contribution < -0.4 is 5.32 Å². The van der Waals surface area contributed by atoms with Crippen LogP contribution in [0.5, 0.6) is 0 Å². The molecule has 3 aromatic carbocycles. The lowest BCUT2D eigenvalue weighted by Gasteiger charge is -2.44. The Kier molecular flexibility index (Phi) is 6.94. The molecule has 5 rings (SSSR count). The molecular formula is C29H24N2O5S. The van der Waals surface area contributed by atoms with Gasteiger partial charge in [-0.05, 0) is 27.9 Å². The quantitative estimate of drug-likeness (QED) is 0.225. The van der Waals surface area contributed by atoms with Gasteiger partial charge in [0, 0.05) is 5.57 Å². The Bertz CT molecular complexity index is 1340. The molecular weight excluding hydrogens is 488 g/mol. The Hall–Kier alpha value is -4.14. The Morgan fingerprint density at radius 3 is 2.03 bits per heavy atom. The van der Waals surface area contributed by atoms with E-state index in [9.17, 15) is 18.9 Å². The number of benzene rings is 3. The number of hydrogen-bond acceptors (Lipinski definition) is 5. The lowest BCUT2D eigenvalue weighted by molar-refractivity contribution is -0.152. The van der Waals surface area contributed by atoms with Crippen molar-refractivity contribution in [3.8, 4) is 0 Å². The summed E-state index contributed by atoms with van der Waals surface area (Å²) in [5.41, 5.74) is 2.26. The summed E-state index contributed by atoms with van der Waals surface area (Å²) >= 11 is -1.48. The van der Waals surface area contributed by atoms with E-state index in [4.69, 9.17) is 4.74 Å². The number of nitrogens with one attached hydrogen (secondary N) is 1. The fourth-order valence-corrected chi connectivity index (χ4v) is 5.84. The van der Waals surface area contributed by atoms with Crippen molar-refractivity contribution in [1.82, 2.24) is 10.2 Å². The third-order valence-electron chi connectivity index (χ3n) is 6.31. The molecule has 2 heterocycles. The molecule has 7 nitrogen and oxygen atoms in total. The predicted octanol–water partition coefficient (Wildman–Crippen LogP) is 3.68. The maximum absolute atomic E-state index is 13.7. The van der Waals surface area contributed by atoms with E-state index in [0.717, 1.165) is 11.1 Å². The Balaban J connectivity index is 1.49. The maximum Gasteiger partial charge on any atom is 0.358 e. The summed E-state index contributed by atoms with van der Waals surface area (Å²) in [6, 6.07) is 27.4. The van der Waals surface area contributed by atoms with Crippen LogP contribution in [0.1, 0.15) is 29.2 Å². The van der Waals surface area contributed by atoms with E-state index in [2.05, 4.69) is 11.9 Å². The number of fused-ring (bicyclic) bond motifs is 1. The van der Waals surface area contributed by atoms with Crippen LogP contribution >= 0.6 is 0 Å². The van der Waals surface area contributed by atoms with Crippen LogP contribution in [0, 0.1) is 0 Å². The number of ether oxygens (including phenoxy) is 1. The van der Waals surface area contributed by atoms with E-state index in [1.54, 1.807) is 24.3 Å². The average molecular weight is 513 g/mol. The van der Waals surface area contributed by atoms with Crippen molar-refractivity contribution in [2.75, 3.05) is 5.75 Å². The molecule has 0 aliphatic carbocycles. The minimum atomic E-state index is -1.48. The number of nitrogens with zero attached hydrogens (tertiary/aromatic N) is 1. The van der Waals surface area contributed by atoms with Crippen LogP contribution in [-0.2, 0) is 30.3 Å². The van der Waals surface area contributed by atoms with Gasteiger partial charge in [0.1, 0.15) is 5.75 Å². The molecule has 1 saturated heterocycles. The zero-order valence-corrected chi connectivity index (χ0v) is 20.6. The normalized spacial score (nSPS) is 18.6. The molecule has 186 valence electrons. The number of amides is 2. The van der Waals surface area contributed by atoms with Gasteiger partial charge in [0.25, 0.3) is 5.91 Å². The van der Waals surface area contributed by atoms with Gasteiger partial charge in [-0.2, -0.15) is 0 Å². The SMILES string of the molecule is C=C(C(=O)NC1=C(C(=O)OC(c2ccccc2)c2ccccc2)N2C(=O)C[C@H]2[S+]([O-])C1)c1ccccc1. The van der Waals surface area contributed by atoms with E-state index >= 15 is 0 Å². The first kappa shape index (κ1) is 24.5. The molecule has 1 fully saturated rings. The molecule has 3 aromatic rings. The number of β-lactam (4-membered cyclic amide) rings is 1. The molecule has 2 aliphatic rings. The molecule has 2 aliphatic heterocycles. The highest BCUT2D eigenvalue weighted by molar-refractivity contribution is 7.92. The van der Waals surface area contributed by atoms with Gasteiger partial charge >= 0.3 is 5.97 Å². The second-order valence-electron chi connectivity index (χ2n) is 8.68. The number of hydrogen-bond donors (Lipinski definition) is 1. The molecule has 0 bridgehead atoms. The first-order valence-electron chi connectivity index (χ1n) is 11.7. The zero-order chi connectivity index (χ0) is 25.9. The van der Waals surface area contributed by atoms with E-state index in [1.165, 1.54) is 4.90 Å². The summed E-state index contributed by atoms with van der Waals surface area (Å²) in [4.78, 5) is 40.5. The summed E-state index contributed by atoms with van der Waals surface area (Å²) < 4.78 is 18.8. The first-order chi connectivity index (χ1) is 17.9. The third kappa shape index (κ3) is 4.94. The second-order valence-corrected chi connectivity index (χ2v) is 10.3. The van der Waals surface area contributed by atoms with E-state index in [0.29, 0.717) is 5.56 Å². The smallest absolute Gasteiger partial charge is 0.358 e. The standard InChI is InChI=1S/C29H24N2O5S/c1-19(20-11-5-2-6-12-20)28(33)30-23-18-37(35)25-17-24(32)31(25)26(23)29(34)36-27(21-13-7-3-8-14-21)22-15-9-4-10-16-22/h2-16,25,27H,1,17-18H2,(H,30,33)/t25-,37?/m1/s1. The van der Waals surface area contributed by atoms with Crippen molar-refractivity contribution in [2.24, 2.45) is 0 Å². The minimum Gasteiger partial charge on any atom is -0.614 e. The van der Waals surface area contributed by atoms with E-state index in [1.807, 2.05) is 66.7 Å². The number of carbonyl (C=O) groups excluding carboxylic acids is 3. The van der Waals surface area contributed by atoms with Crippen LogP contribution in [0.2, 0.25) is 0 Å².